The fourth-order valence-corrected chi connectivity index (χ4v) is 3.18. The van der Waals surface area contributed by atoms with E-state index in [1.54, 1.807) is 0 Å². The van der Waals surface area contributed by atoms with Gasteiger partial charge in [-0.1, -0.05) is 20.3 Å². The maximum absolute atomic E-state index is 4.48. The molecule has 0 aromatic carbocycles. The van der Waals surface area contributed by atoms with Crippen molar-refractivity contribution in [2.24, 2.45) is 5.92 Å². The van der Waals surface area contributed by atoms with E-state index in [1.807, 2.05) is 0 Å². The van der Waals surface area contributed by atoms with Crippen LogP contribution in [0.2, 0.25) is 0 Å². The summed E-state index contributed by atoms with van der Waals surface area (Å²) < 4.78 is 0. The van der Waals surface area contributed by atoms with E-state index in [4.69, 9.17) is 0 Å². The number of hydrogen-bond acceptors (Lipinski definition) is 3. The van der Waals surface area contributed by atoms with E-state index < -0.39 is 0 Å². The van der Waals surface area contributed by atoms with Crippen LogP contribution < -0.4 is 0 Å². The lowest BCUT2D eigenvalue weighted by molar-refractivity contribution is 0.120. The van der Waals surface area contributed by atoms with Crippen molar-refractivity contribution >= 4 is 12.6 Å². The first-order valence-corrected chi connectivity index (χ1v) is 7.87. The van der Waals surface area contributed by atoms with E-state index in [0.29, 0.717) is 0 Å². The Morgan fingerprint density at radius 3 is 2.41 bits per heavy atom. The summed E-state index contributed by atoms with van der Waals surface area (Å²) in [6.07, 6.45) is 5.29. The molecule has 0 bridgehead atoms. The number of piperidine rings is 1. The Balaban J connectivity index is 2.30. The van der Waals surface area contributed by atoms with Gasteiger partial charge in [-0.15, -0.1) is 0 Å². The van der Waals surface area contributed by atoms with Gasteiger partial charge < -0.3 is 9.80 Å². The van der Waals surface area contributed by atoms with Gasteiger partial charge in [-0.25, -0.2) is 0 Å². The molecule has 1 aliphatic heterocycles. The van der Waals surface area contributed by atoms with Crippen molar-refractivity contribution in [3.05, 3.63) is 0 Å². The second-order valence-corrected chi connectivity index (χ2v) is 5.81. The van der Waals surface area contributed by atoms with Crippen LogP contribution in [0.5, 0.6) is 0 Å². The van der Waals surface area contributed by atoms with E-state index in [1.165, 1.54) is 51.9 Å². The predicted octanol–water partition coefficient (Wildman–Crippen LogP) is 2.75. The molecule has 1 heterocycles. The zero-order chi connectivity index (χ0) is 12.7. The first-order valence-electron chi connectivity index (χ1n) is 7.24. The van der Waals surface area contributed by atoms with Gasteiger partial charge in [0.25, 0.3) is 0 Å². The second kappa shape index (κ2) is 8.39. The molecular weight excluding hydrogens is 228 g/mol. The van der Waals surface area contributed by atoms with Crippen molar-refractivity contribution in [3.8, 4) is 0 Å². The molecule has 0 aliphatic carbocycles. The Morgan fingerprint density at radius 2 is 1.94 bits per heavy atom. The molecule has 0 N–H and O–H groups in total. The van der Waals surface area contributed by atoms with Crippen molar-refractivity contribution in [2.75, 3.05) is 39.0 Å². The van der Waals surface area contributed by atoms with Crippen molar-refractivity contribution in [3.63, 3.8) is 0 Å². The molecule has 0 aromatic heterocycles. The molecular formula is C14H30N2S. The summed E-state index contributed by atoms with van der Waals surface area (Å²) in [6, 6.07) is 0.803. The minimum absolute atomic E-state index is 0.775. The fourth-order valence-electron chi connectivity index (χ4n) is 2.88. The Morgan fingerprint density at radius 1 is 1.29 bits per heavy atom. The van der Waals surface area contributed by atoms with Gasteiger partial charge >= 0.3 is 0 Å². The topological polar surface area (TPSA) is 6.48 Å². The van der Waals surface area contributed by atoms with E-state index in [2.05, 4.69) is 43.3 Å². The van der Waals surface area contributed by atoms with Gasteiger partial charge in [0.15, 0.2) is 0 Å². The maximum atomic E-state index is 4.48. The van der Waals surface area contributed by atoms with Crippen molar-refractivity contribution in [1.82, 2.24) is 9.80 Å². The Hall–Kier alpha value is 0.270. The van der Waals surface area contributed by atoms with Crippen molar-refractivity contribution in [1.29, 1.82) is 0 Å². The molecule has 0 saturated carbocycles. The highest BCUT2D eigenvalue weighted by atomic mass is 32.1. The average molecular weight is 258 g/mol. The van der Waals surface area contributed by atoms with Crippen LogP contribution in [0.4, 0.5) is 0 Å². The summed E-state index contributed by atoms with van der Waals surface area (Å²) in [6.45, 7) is 9.55. The number of rotatable bonds is 7. The maximum Gasteiger partial charge on any atom is 0.0117 e. The highest BCUT2D eigenvalue weighted by Crippen LogP contribution is 2.18. The van der Waals surface area contributed by atoms with Crippen molar-refractivity contribution in [2.45, 2.75) is 45.6 Å². The summed E-state index contributed by atoms with van der Waals surface area (Å²) in [5, 5.41) is 0. The van der Waals surface area contributed by atoms with Crippen LogP contribution in [0.3, 0.4) is 0 Å². The normalized spacial score (nSPS) is 21.0. The van der Waals surface area contributed by atoms with Crippen LogP contribution in [0.15, 0.2) is 0 Å². The Kier molecular flexibility index (Phi) is 7.56. The van der Waals surface area contributed by atoms with Crippen LogP contribution in [0.25, 0.3) is 0 Å². The molecule has 0 amide bonds. The lowest BCUT2D eigenvalue weighted by Gasteiger charge is -2.37. The van der Waals surface area contributed by atoms with Gasteiger partial charge in [0, 0.05) is 12.6 Å². The highest BCUT2D eigenvalue weighted by Gasteiger charge is 2.22. The van der Waals surface area contributed by atoms with Crippen LogP contribution in [-0.4, -0.2) is 54.8 Å². The summed E-state index contributed by atoms with van der Waals surface area (Å²) in [5.74, 6) is 1.81. The van der Waals surface area contributed by atoms with Gasteiger partial charge in [0.05, 0.1) is 0 Å². The van der Waals surface area contributed by atoms with Gasteiger partial charge in [-0.05, 0) is 57.6 Å². The molecule has 3 heteroatoms. The van der Waals surface area contributed by atoms with Crippen LogP contribution in [-0.2, 0) is 0 Å². The molecule has 1 fully saturated rings. The third kappa shape index (κ3) is 5.19. The molecule has 0 radical (unpaired) electrons. The highest BCUT2D eigenvalue weighted by molar-refractivity contribution is 7.80. The Labute approximate surface area is 113 Å². The monoisotopic (exact) mass is 258 g/mol. The van der Waals surface area contributed by atoms with Gasteiger partial charge in [0.1, 0.15) is 0 Å². The fraction of sp³-hybridized carbons (Fsp3) is 1.00. The van der Waals surface area contributed by atoms with Crippen LogP contribution >= 0.6 is 12.6 Å². The van der Waals surface area contributed by atoms with Gasteiger partial charge in [-0.3, -0.25) is 0 Å². The number of nitrogens with zero attached hydrogens (tertiary/aromatic N) is 2. The molecule has 1 rings (SSSR count). The zero-order valence-corrected chi connectivity index (χ0v) is 12.8. The molecule has 1 saturated heterocycles. The van der Waals surface area contributed by atoms with E-state index in [-0.39, 0.29) is 0 Å². The summed E-state index contributed by atoms with van der Waals surface area (Å²) in [7, 11) is 2.30. The minimum Gasteiger partial charge on any atom is -0.303 e. The third-order valence-electron chi connectivity index (χ3n) is 4.13. The van der Waals surface area contributed by atoms with Crippen LogP contribution in [0.1, 0.15) is 39.5 Å². The first kappa shape index (κ1) is 15.3. The van der Waals surface area contributed by atoms with E-state index in [9.17, 15) is 0 Å². The average Bonchev–Trinajstić information content (AvgIpc) is 2.38. The Bertz CT molecular complexity index is 191. The number of likely N-dealkylation sites (tertiary alicyclic amines) is 1. The summed E-state index contributed by atoms with van der Waals surface area (Å²) in [4.78, 5) is 5.15. The summed E-state index contributed by atoms with van der Waals surface area (Å²) >= 11 is 4.48. The van der Waals surface area contributed by atoms with Gasteiger partial charge in [-0.2, -0.15) is 12.6 Å². The molecule has 17 heavy (non-hydrogen) atoms. The minimum atomic E-state index is 0.775. The third-order valence-corrected chi connectivity index (χ3v) is 4.65. The molecule has 0 aromatic rings. The standard InChI is InChI=1S/C14H30N2S/c1-4-6-13(12-17)11-15(3)14-7-9-16(5-2)10-8-14/h13-14,17H,4-12H2,1-3H3. The molecule has 0 spiro atoms. The largest absolute Gasteiger partial charge is 0.303 e. The molecule has 1 atom stereocenters. The molecule has 2 nitrogen and oxygen atoms in total. The van der Waals surface area contributed by atoms with Crippen molar-refractivity contribution < 1.29 is 0 Å². The zero-order valence-electron chi connectivity index (χ0n) is 11.9. The van der Waals surface area contributed by atoms with Crippen LogP contribution in [0, 0.1) is 5.92 Å². The lowest BCUT2D eigenvalue weighted by Crippen LogP contribution is -2.44. The quantitative estimate of drug-likeness (QED) is 0.702. The lowest BCUT2D eigenvalue weighted by atomic mass is 10.0. The second-order valence-electron chi connectivity index (χ2n) is 5.44. The van der Waals surface area contributed by atoms with E-state index >= 15 is 0 Å². The first-order chi connectivity index (χ1) is 8.21. The SMILES string of the molecule is CCCC(CS)CN(C)C1CCN(CC)CC1. The molecule has 102 valence electrons. The molecule has 1 aliphatic rings. The number of hydrogen-bond donors (Lipinski definition) is 1. The summed E-state index contributed by atoms with van der Waals surface area (Å²) in [5.41, 5.74) is 0. The smallest absolute Gasteiger partial charge is 0.0117 e. The van der Waals surface area contributed by atoms with Gasteiger partial charge in [0.2, 0.25) is 0 Å². The molecule has 1 unspecified atom stereocenters. The van der Waals surface area contributed by atoms with E-state index in [0.717, 1.165) is 17.7 Å². The predicted molar refractivity (Wildman–Crippen MR) is 80.0 cm³/mol. The number of thiol groups is 1.